The van der Waals surface area contributed by atoms with Gasteiger partial charge < -0.3 is 4.57 Å². The second-order valence-electron chi connectivity index (χ2n) is 5.47. The van der Waals surface area contributed by atoms with Crippen LogP contribution in [-0.2, 0) is 6.54 Å². The number of pyridine rings is 1. The van der Waals surface area contributed by atoms with Crippen LogP contribution in [0.5, 0.6) is 0 Å². The quantitative estimate of drug-likeness (QED) is 0.799. The molecule has 0 aliphatic carbocycles. The van der Waals surface area contributed by atoms with Crippen LogP contribution in [0.4, 0.5) is 0 Å². The summed E-state index contributed by atoms with van der Waals surface area (Å²) >= 11 is 0. The smallest absolute Gasteiger partial charge is 0.261 e. The molecule has 3 nitrogen and oxygen atoms in total. The molecule has 0 unspecified atom stereocenters. The molecule has 104 valence electrons. The minimum Gasteiger partial charge on any atom is -0.307 e. The molecule has 2 rings (SSSR count). The first-order valence-corrected chi connectivity index (χ1v) is 6.79. The van der Waals surface area contributed by atoms with Crippen molar-refractivity contribution in [3.05, 3.63) is 57.9 Å². The van der Waals surface area contributed by atoms with Gasteiger partial charge >= 0.3 is 0 Å². The summed E-state index contributed by atoms with van der Waals surface area (Å²) in [6, 6.07) is 11.5. The maximum Gasteiger partial charge on any atom is 0.261 e. The van der Waals surface area contributed by atoms with Crippen molar-refractivity contribution in [1.82, 2.24) is 4.57 Å². The van der Waals surface area contributed by atoms with Gasteiger partial charge in [-0.1, -0.05) is 43.7 Å². The molecule has 2 aromatic rings. The Bertz CT molecular complexity index is 666. The molecular formula is C17H19NO2. The highest BCUT2D eigenvalue weighted by Crippen LogP contribution is 2.19. The minimum atomic E-state index is -0.216. The fourth-order valence-corrected chi connectivity index (χ4v) is 2.21. The highest BCUT2D eigenvalue weighted by atomic mass is 16.1. The van der Waals surface area contributed by atoms with E-state index in [4.69, 9.17) is 0 Å². The van der Waals surface area contributed by atoms with E-state index in [0.717, 1.165) is 11.3 Å². The molecule has 0 saturated heterocycles. The van der Waals surface area contributed by atoms with E-state index >= 15 is 0 Å². The van der Waals surface area contributed by atoms with Gasteiger partial charge in [-0.25, -0.2) is 0 Å². The van der Waals surface area contributed by atoms with Crippen molar-refractivity contribution in [2.45, 2.75) is 27.3 Å². The Balaban J connectivity index is 2.63. The molecule has 1 aromatic carbocycles. The predicted octanol–water partition coefficient (Wildman–Crippen LogP) is 3.29. The first-order chi connectivity index (χ1) is 9.52. The van der Waals surface area contributed by atoms with E-state index in [-0.39, 0.29) is 11.1 Å². The van der Waals surface area contributed by atoms with Gasteiger partial charge in [0.25, 0.3) is 5.56 Å². The molecular weight excluding hydrogens is 250 g/mol. The van der Waals surface area contributed by atoms with Crippen LogP contribution in [0.1, 0.15) is 29.8 Å². The SMILES string of the molecule is Cc1ccc(-c2ccc(C=O)c(=O)n2CC(C)C)cc1. The van der Waals surface area contributed by atoms with Gasteiger partial charge in [0.05, 0.1) is 11.3 Å². The number of aromatic nitrogens is 1. The van der Waals surface area contributed by atoms with Crippen LogP contribution in [0, 0.1) is 12.8 Å². The lowest BCUT2D eigenvalue weighted by Gasteiger charge is -2.15. The van der Waals surface area contributed by atoms with Gasteiger partial charge in [0, 0.05) is 6.54 Å². The summed E-state index contributed by atoms with van der Waals surface area (Å²) < 4.78 is 1.69. The Hall–Kier alpha value is -2.16. The van der Waals surface area contributed by atoms with Crippen molar-refractivity contribution >= 4 is 6.29 Å². The highest BCUT2D eigenvalue weighted by molar-refractivity contribution is 5.75. The minimum absolute atomic E-state index is 0.210. The second-order valence-corrected chi connectivity index (χ2v) is 5.47. The van der Waals surface area contributed by atoms with Gasteiger partial charge in [-0.2, -0.15) is 0 Å². The summed E-state index contributed by atoms with van der Waals surface area (Å²) in [4.78, 5) is 23.3. The molecule has 3 heteroatoms. The fraction of sp³-hybridized carbons (Fsp3) is 0.294. The molecule has 1 heterocycles. The van der Waals surface area contributed by atoms with E-state index in [0.29, 0.717) is 18.7 Å². The Morgan fingerprint density at radius 2 is 1.75 bits per heavy atom. The third-order valence-corrected chi connectivity index (χ3v) is 3.23. The standard InChI is InChI=1S/C17H19NO2/c1-12(2)10-18-16(9-8-15(11-19)17(18)20)14-6-4-13(3)5-7-14/h4-9,11-12H,10H2,1-3H3. The maximum absolute atomic E-state index is 12.3. The lowest BCUT2D eigenvalue weighted by atomic mass is 10.1. The highest BCUT2D eigenvalue weighted by Gasteiger charge is 2.11. The number of hydrogen-bond acceptors (Lipinski definition) is 2. The zero-order valence-corrected chi connectivity index (χ0v) is 12.1. The molecule has 20 heavy (non-hydrogen) atoms. The van der Waals surface area contributed by atoms with Gasteiger partial charge in [0.1, 0.15) is 0 Å². The zero-order chi connectivity index (χ0) is 14.7. The van der Waals surface area contributed by atoms with Crippen molar-refractivity contribution in [3.8, 4) is 11.3 Å². The normalized spacial score (nSPS) is 10.8. The molecule has 0 bridgehead atoms. The average Bonchev–Trinajstić information content (AvgIpc) is 2.42. The summed E-state index contributed by atoms with van der Waals surface area (Å²) in [7, 11) is 0. The van der Waals surface area contributed by atoms with E-state index in [1.54, 1.807) is 10.6 Å². The molecule has 0 spiro atoms. The van der Waals surface area contributed by atoms with E-state index in [1.165, 1.54) is 5.56 Å². The van der Waals surface area contributed by atoms with Crippen molar-refractivity contribution in [2.24, 2.45) is 5.92 Å². The number of carbonyl (C=O) groups is 1. The Morgan fingerprint density at radius 1 is 1.10 bits per heavy atom. The fourth-order valence-electron chi connectivity index (χ4n) is 2.21. The van der Waals surface area contributed by atoms with Crippen LogP contribution in [0.3, 0.4) is 0 Å². The van der Waals surface area contributed by atoms with E-state index in [1.807, 2.05) is 37.3 Å². The summed E-state index contributed by atoms with van der Waals surface area (Å²) in [5.41, 5.74) is 3.02. The molecule has 0 radical (unpaired) electrons. The number of nitrogens with zero attached hydrogens (tertiary/aromatic N) is 1. The van der Waals surface area contributed by atoms with Gasteiger partial charge in [0.15, 0.2) is 6.29 Å². The van der Waals surface area contributed by atoms with E-state index < -0.39 is 0 Å². The van der Waals surface area contributed by atoms with Gasteiger partial charge in [0.2, 0.25) is 0 Å². The van der Waals surface area contributed by atoms with Crippen LogP contribution in [0.25, 0.3) is 11.3 Å². The number of benzene rings is 1. The van der Waals surface area contributed by atoms with Crippen LogP contribution < -0.4 is 5.56 Å². The third-order valence-electron chi connectivity index (χ3n) is 3.23. The molecule has 1 aromatic heterocycles. The van der Waals surface area contributed by atoms with Crippen LogP contribution >= 0.6 is 0 Å². The average molecular weight is 269 g/mol. The molecule has 0 fully saturated rings. The first-order valence-electron chi connectivity index (χ1n) is 6.79. The number of carbonyl (C=O) groups excluding carboxylic acids is 1. The van der Waals surface area contributed by atoms with Crippen molar-refractivity contribution in [2.75, 3.05) is 0 Å². The van der Waals surface area contributed by atoms with Gasteiger partial charge in [-0.05, 0) is 30.5 Å². The van der Waals surface area contributed by atoms with Gasteiger partial charge in [-0.15, -0.1) is 0 Å². The van der Waals surface area contributed by atoms with Crippen LogP contribution in [-0.4, -0.2) is 10.9 Å². The first kappa shape index (κ1) is 14.3. The Morgan fingerprint density at radius 3 is 2.30 bits per heavy atom. The zero-order valence-electron chi connectivity index (χ0n) is 12.1. The Kier molecular flexibility index (Phi) is 4.18. The summed E-state index contributed by atoms with van der Waals surface area (Å²) in [6.07, 6.45) is 0.623. The molecule has 0 aliphatic rings. The molecule has 0 atom stereocenters. The van der Waals surface area contributed by atoms with Gasteiger partial charge in [-0.3, -0.25) is 9.59 Å². The summed E-state index contributed by atoms with van der Waals surface area (Å²) in [5.74, 6) is 0.332. The third kappa shape index (κ3) is 2.87. The monoisotopic (exact) mass is 269 g/mol. The lowest BCUT2D eigenvalue weighted by molar-refractivity contribution is 0.112. The molecule has 0 amide bonds. The number of rotatable bonds is 4. The largest absolute Gasteiger partial charge is 0.307 e. The number of aryl methyl sites for hydroxylation is 1. The molecule has 0 saturated carbocycles. The van der Waals surface area contributed by atoms with Crippen molar-refractivity contribution < 1.29 is 4.79 Å². The predicted molar refractivity (Wildman–Crippen MR) is 81.1 cm³/mol. The number of aldehydes is 1. The molecule has 0 aliphatic heterocycles. The van der Waals surface area contributed by atoms with Crippen molar-refractivity contribution in [3.63, 3.8) is 0 Å². The Labute approximate surface area is 118 Å². The lowest BCUT2D eigenvalue weighted by Crippen LogP contribution is -2.26. The summed E-state index contributed by atoms with van der Waals surface area (Å²) in [5, 5.41) is 0. The molecule has 0 N–H and O–H groups in total. The second kappa shape index (κ2) is 5.87. The number of hydrogen-bond donors (Lipinski definition) is 0. The van der Waals surface area contributed by atoms with E-state index in [9.17, 15) is 9.59 Å². The van der Waals surface area contributed by atoms with E-state index in [2.05, 4.69) is 13.8 Å². The topological polar surface area (TPSA) is 39.1 Å². The van der Waals surface area contributed by atoms with Crippen molar-refractivity contribution in [1.29, 1.82) is 0 Å². The van der Waals surface area contributed by atoms with Crippen LogP contribution in [0.2, 0.25) is 0 Å². The van der Waals surface area contributed by atoms with Crippen LogP contribution in [0.15, 0.2) is 41.2 Å². The maximum atomic E-state index is 12.3. The summed E-state index contributed by atoms with van der Waals surface area (Å²) in [6.45, 7) is 6.74.